The number of ether oxygens (including phenoxy) is 2. The molecule has 0 amide bonds. The van der Waals surface area contributed by atoms with Crippen LogP contribution in [0.1, 0.15) is 25.5 Å². The Kier molecular flexibility index (Phi) is 5.01. The standard InChI is InChI=1S/C15H22N2O4/c1-10-5-7-17(12(8-10)15(18)19)9-11-14(21-3)13(20-2)4-6-16-11/h4,6,10,12H,5,7-9H2,1-3H3,(H,18,19). The normalized spacial score (nSPS) is 22.8. The number of nitrogens with zero attached hydrogens (tertiary/aromatic N) is 2. The minimum absolute atomic E-state index is 0.433. The fraction of sp³-hybridized carbons (Fsp3) is 0.600. The molecule has 1 fully saturated rings. The van der Waals surface area contributed by atoms with Crippen LogP contribution in [0.15, 0.2) is 12.3 Å². The van der Waals surface area contributed by atoms with Gasteiger partial charge in [-0.25, -0.2) is 0 Å². The molecule has 0 saturated carbocycles. The second-order valence-electron chi connectivity index (χ2n) is 5.45. The van der Waals surface area contributed by atoms with Gasteiger partial charge in [0.15, 0.2) is 11.5 Å². The van der Waals surface area contributed by atoms with Crippen LogP contribution in [0.25, 0.3) is 0 Å². The van der Waals surface area contributed by atoms with E-state index in [4.69, 9.17) is 9.47 Å². The first-order valence-electron chi connectivity index (χ1n) is 7.09. The van der Waals surface area contributed by atoms with Crippen molar-refractivity contribution in [2.45, 2.75) is 32.4 Å². The lowest BCUT2D eigenvalue weighted by atomic mass is 9.92. The number of aromatic nitrogens is 1. The van der Waals surface area contributed by atoms with Gasteiger partial charge in [0.05, 0.1) is 14.2 Å². The third-order valence-corrected chi connectivity index (χ3v) is 3.98. The van der Waals surface area contributed by atoms with Gasteiger partial charge in [0.25, 0.3) is 0 Å². The van der Waals surface area contributed by atoms with Crippen LogP contribution >= 0.6 is 0 Å². The molecule has 1 aliphatic rings. The topological polar surface area (TPSA) is 71.9 Å². The summed E-state index contributed by atoms with van der Waals surface area (Å²) in [5.41, 5.74) is 0.706. The molecule has 1 aromatic rings. The number of hydrogen-bond acceptors (Lipinski definition) is 5. The highest BCUT2D eigenvalue weighted by molar-refractivity contribution is 5.73. The van der Waals surface area contributed by atoms with Crippen molar-refractivity contribution in [3.63, 3.8) is 0 Å². The molecule has 0 radical (unpaired) electrons. The van der Waals surface area contributed by atoms with Gasteiger partial charge in [-0.3, -0.25) is 14.7 Å². The van der Waals surface area contributed by atoms with E-state index in [1.165, 1.54) is 0 Å². The number of rotatable bonds is 5. The van der Waals surface area contributed by atoms with E-state index < -0.39 is 12.0 Å². The van der Waals surface area contributed by atoms with Crippen molar-refractivity contribution in [1.29, 1.82) is 0 Å². The Bertz CT molecular complexity index is 506. The molecule has 0 bridgehead atoms. The molecular weight excluding hydrogens is 272 g/mol. The zero-order valence-electron chi connectivity index (χ0n) is 12.7. The monoisotopic (exact) mass is 294 g/mol. The van der Waals surface area contributed by atoms with Gasteiger partial charge in [-0.1, -0.05) is 6.92 Å². The Balaban J connectivity index is 2.22. The molecule has 1 N–H and O–H groups in total. The number of carbonyl (C=O) groups is 1. The maximum atomic E-state index is 11.5. The minimum atomic E-state index is -0.775. The molecule has 21 heavy (non-hydrogen) atoms. The van der Waals surface area contributed by atoms with Crippen molar-refractivity contribution in [3.05, 3.63) is 18.0 Å². The molecule has 2 rings (SSSR count). The number of carboxylic acids is 1. The SMILES string of the molecule is COc1ccnc(CN2CCC(C)CC2C(=O)O)c1OC. The Morgan fingerprint density at radius 1 is 1.48 bits per heavy atom. The van der Waals surface area contributed by atoms with Gasteiger partial charge < -0.3 is 14.6 Å². The van der Waals surface area contributed by atoms with Gasteiger partial charge in [-0.15, -0.1) is 0 Å². The van der Waals surface area contributed by atoms with Crippen LogP contribution in [0.3, 0.4) is 0 Å². The Hall–Kier alpha value is -1.82. The van der Waals surface area contributed by atoms with E-state index in [0.29, 0.717) is 36.1 Å². The van der Waals surface area contributed by atoms with Gasteiger partial charge in [0, 0.05) is 18.8 Å². The van der Waals surface area contributed by atoms with Crippen molar-refractivity contribution >= 4 is 5.97 Å². The van der Waals surface area contributed by atoms with E-state index in [0.717, 1.165) is 13.0 Å². The van der Waals surface area contributed by atoms with Crippen molar-refractivity contribution in [2.24, 2.45) is 5.92 Å². The highest BCUT2D eigenvalue weighted by Crippen LogP contribution is 2.32. The second-order valence-corrected chi connectivity index (χ2v) is 5.45. The number of methoxy groups -OCH3 is 2. The van der Waals surface area contributed by atoms with E-state index in [1.807, 2.05) is 4.90 Å². The molecule has 0 spiro atoms. The Morgan fingerprint density at radius 3 is 2.86 bits per heavy atom. The summed E-state index contributed by atoms with van der Waals surface area (Å²) in [6, 6.07) is 1.27. The molecule has 2 atom stereocenters. The molecule has 6 nitrogen and oxygen atoms in total. The van der Waals surface area contributed by atoms with Gasteiger partial charge in [-0.05, 0) is 25.3 Å². The molecule has 0 aromatic carbocycles. The molecule has 6 heteroatoms. The van der Waals surface area contributed by atoms with Gasteiger partial charge in [0.2, 0.25) is 0 Å². The average molecular weight is 294 g/mol. The third-order valence-electron chi connectivity index (χ3n) is 3.98. The van der Waals surface area contributed by atoms with Crippen LogP contribution in [0.4, 0.5) is 0 Å². The maximum absolute atomic E-state index is 11.5. The molecule has 0 aliphatic carbocycles. The quantitative estimate of drug-likeness (QED) is 0.892. The molecule has 2 unspecified atom stereocenters. The van der Waals surface area contributed by atoms with Crippen LogP contribution < -0.4 is 9.47 Å². The summed E-state index contributed by atoms with van der Waals surface area (Å²) >= 11 is 0. The van der Waals surface area contributed by atoms with E-state index >= 15 is 0 Å². The molecule has 1 aliphatic heterocycles. The summed E-state index contributed by atoms with van der Waals surface area (Å²) < 4.78 is 10.6. The highest BCUT2D eigenvalue weighted by atomic mass is 16.5. The predicted octanol–water partition coefficient (Wildman–Crippen LogP) is 1.78. The van der Waals surface area contributed by atoms with Gasteiger partial charge in [0.1, 0.15) is 11.7 Å². The van der Waals surface area contributed by atoms with Crippen LogP contribution in [-0.4, -0.2) is 47.8 Å². The first kappa shape index (κ1) is 15.6. The first-order chi connectivity index (χ1) is 10.1. The van der Waals surface area contributed by atoms with Gasteiger partial charge in [-0.2, -0.15) is 0 Å². The lowest BCUT2D eigenvalue weighted by Crippen LogP contribution is -2.46. The molecular formula is C15H22N2O4. The zero-order valence-corrected chi connectivity index (χ0v) is 12.7. The number of piperidine rings is 1. The molecule has 1 aromatic heterocycles. The highest BCUT2D eigenvalue weighted by Gasteiger charge is 2.32. The second kappa shape index (κ2) is 6.76. The summed E-state index contributed by atoms with van der Waals surface area (Å²) in [4.78, 5) is 17.7. The van der Waals surface area contributed by atoms with Crippen LogP contribution in [0.5, 0.6) is 11.5 Å². The lowest BCUT2D eigenvalue weighted by Gasteiger charge is -2.35. The summed E-state index contributed by atoms with van der Waals surface area (Å²) in [6.45, 7) is 3.29. The van der Waals surface area contributed by atoms with Crippen molar-refractivity contribution in [1.82, 2.24) is 9.88 Å². The molecule has 1 saturated heterocycles. The fourth-order valence-corrected chi connectivity index (χ4v) is 2.79. The predicted molar refractivity (Wildman–Crippen MR) is 77.6 cm³/mol. The number of aliphatic carboxylic acids is 1. The largest absolute Gasteiger partial charge is 0.493 e. The van der Waals surface area contributed by atoms with Crippen LogP contribution in [-0.2, 0) is 11.3 Å². The number of hydrogen-bond donors (Lipinski definition) is 1. The Morgan fingerprint density at radius 2 is 2.24 bits per heavy atom. The third kappa shape index (κ3) is 3.44. The van der Waals surface area contributed by atoms with E-state index in [2.05, 4.69) is 11.9 Å². The van der Waals surface area contributed by atoms with E-state index in [1.54, 1.807) is 26.5 Å². The minimum Gasteiger partial charge on any atom is -0.493 e. The van der Waals surface area contributed by atoms with Gasteiger partial charge >= 0.3 is 5.97 Å². The summed E-state index contributed by atoms with van der Waals surface area (Å²) in [5, 5.41) is 9.41. The summed E-state index contributed by atoms with van der Waals surface area (Å²) in [5.74, 6) is 0.841. The molecule has 2 heterocycles. The fourth-order valence-electron chi connectivity index (χ4n) is 2.79. The molecule has 116 valence electrons. The maximum Gasteiger partial charge on any atom is 0.320 e. The van der Waals surface area contributed by atoms with Crippen LogP contribution in [0, 0.1) is 5.92 Å². The number of pyridine rings is 1. The summed E-state index contributed by atoms with van der Waals surface area (Å²) in [6.07, 6.45) is 3.32. The smallest absolute Gasteiger partial charge is 0.320 e. The Labute approximate surface area is 124 Å². The van der Waals surface area contributed by atoms with Crippen molar-refractivity contribution in [2.75, 3.05) is 20.8 Å². The van der Waals surface area contributed by atoms with E-state index in [9.17, 15) is 9.90 Å². The average Bonchev–Trinajstić information content (AvgIpc) is 2.48. The lowest BCUT2D eigenvalue weighted by molar-refractivity contribution is -0.145. The van der Waals surface area contributed by atoms with Crippen LogP contribution in [0.2, 0.25) is 0 Å². The van der Waals surface area contributed by atoms with Crippen molar-refractivity contribution in [3.8, 4) is 11.5 Å². The number of likely N-dealkylation sites (tertiary alicyclic amines) is 1. The number of carboxylic acid groups (broad SMARTS) is 1. The zero-order chi connectivity index (χ0) is 15.4. The van der Waals surface area contributed by atoms with E-state index in [-0.39, 0.29) is 0 Å². The first-order valence-corrected chi connectivity index (χ1v) is 7.09. The van der Waals surface area contributed by atoms with Crippen molar-refractivity contribution < 1.29 is 19.4 Å². The summed E-state index contributed by atoms with van der Waals surface area (Å²) in [7, 11) is 3.14.